The minimum atomic E-state index is -0.178. The number of nitrogens with one attached hydrogen (secondary N) is 2. The lowest BCUT2D eigenvalue weighted by molar-refractivity contribution is 0.0313. The molecule has 2 heterocycles. The quantitative estimate of drug-likeness (QED) is 0.807. The fourth-order valence-corrected chi connectivity index (χ4v) is 3.49. The Kier molecular flexibility index (Phi) is 4.02. The molecule has 1 aliphatic rings. The fraction of sp³-hybridized carbons (Fsp3) is 0.529. The number of aliphatic hydroxyl groups is 1. The Bertz CT molecular complexity index is 599. The van der Waals surface area contributed by atoms with Gasteiger partial charge >= 0.3 is 0 Å². The molecule has 0 radical (unpaired) electrons. The van der Waals surface area contributed by atoms with Gasteiger partial charge < -0.3 is 15.4 Å². The van der Waals surface area contributed by atoms with Gasteiger partial charge in [-0.3, -0.25) is 4.90 Å². The molecule has 4 heteroatoms. The minimum Gasteiger partial charge on any atom is -0.396 e. The van der Waals surface area contributed by atoms with Crippen LogP contribution in [0.15, 0.2) is 30.5 Å². The highest BCUT2D eigenvalue weighted by Gasteiger charge is 2.36. The van der Waals surface area contributed by atoms with Crippen molar-refractivity contribution in [3.05, 3.63) is 36.0 Å². The summed E-state index contributed by atoms with van der Waals surface area (Å²) in [7, 11) is 0. The molecule has 0 spiro atoms. The predicted octanol–water partition coefficient (Wildman–Crippen LogP) is 2.13. The number of hydrogen-bond donors (Lipinski definition) is 3. The van der Waals surface area contributed by atoms with E-state index in [0.29, 0.717) is 0 Å². The molecule has 0 saturated carbocycles. The van der Waals surface area contributed by atoms with Gasteiger partial charge in [0.2, 0.25) is 0 Å². The van der Waals surface area contributed by atoms with Crippen molar-refractivity contribution in [2.75, 3.05) is 32.8 Å². The van der Waals surface area contributed by atoms with E-state index in [4.69, 9.17) is 0 Å². The van der Waals surface area contributed by atoms with Gasteiger partial charge in [0, 0.05) is 61.3 Å². The van der Waals surface area contributed by atoms with E-state index in [-0.39, 0.29) is 18.1 Å². The molecule has 3 rings (SSSR count). The van der Waals surface area contributed by atoms with E-state index in [0.717, 1.165) is 26.2 Å². The number of hydrogen-bond acceptors (Lipinski definition) is 3. The summed E-state index contributed by atoms with van der Waals surface area (Å²) in [5, 5.41) is 14.6. The Morgan fingerprint density at radius 2 is 2.00 bits per heavy atom. The third-order valence-electron chi connectivity index (χ3n) is 4.59. The zero-order valence-corrected chi connectivity index (χ0v) is 12.9. The monoisotopic (exact) mass is 287 g/mol. The van der Waals surface area contributed by atoms with E-state index < -0.39 is 0 Å². The maximum Gasteiger partial charge on any atom is 0.0500 e. The highest BCUT2D eigenvalue weighted by Crippen LogP contribution is 2.40. The molecular weight excluding hydrogens is 262 g/mol. The Balaban J connectivity index is 2.07. The molecular formula is C17H25N3O. The summed E-state index contributed by atoms with van der Waals surface area (Å²) in [5.41, 5.74) is 2.30. The number of aromatic amines is 1. The fourth-order valence-electron chi connectivity index (χ4n) is 3.49. The van der Waals surface area contributed by atoms with Gasteiger partial charge in [0.15, 0.2) is 0 Å². The summed E-state index contributed by atoms with van der Waals surface area (Å²) in [6, 6.07) is 8.80. The highest BCUT2D eigenvalue weighted by molar-refractivity contribution is 5.83. The smallest absolute Gasteiger partial charge is 0.0500 e. The first kappa shape index (κ1) is 14.6. The number of H-pyrrole nitrogens is 1. The number of piperazine rings is 1. The zero-order valence-electron chi connectivity index (χ0n) is 12.9. The van der Waals surface area contributed by atoms with Crippen LogP contribution in [-0.2, 0) is 0 Å². The zero-order chi connectivity index (χ0) is 14.9. The first-order valence-corrected chi connectivity index (χ1v) is 7.75. The molecule has 3 N–H and O–H groups in total. The molecule has 1 atom stereocenters. The van der Waals surface area contributed by atoms with Gasteiger partial charge in [0.25, 0.3) is 0 Å². The molecule has 2 aromatic rings. The van der Waals surface area contributed by atoms with Gasteiger partial charge in [0.1, 0.15) is 0 Å². The van der Waals surface area contributed by atoms with E-state index >= 15 is 0 Å². The van der Waals surface area contributed by atoms with Crippen molar-refractivity contribution < 1.29 is 5.11 Å². The van der Waals surface area contributed by atoms with Crippen LogP contribution >= 0.6 is 0 Å². The Morgan fingerprint density at radius 1 is 1.24 bits per heavy atom. The first-order valence-electron chi connectivity index (χ1n) is 7.75. The molecule has 1 aromatic carbocycles. The van der Waals surface area contributed by atoms with Crippen LogP contribution in [0.4, 0.5) is 0 Å². The van der Waals surface area contributed by atoms with Gasteiger partial charge in [-0.05, 0) is 17.7 Å². The number of aromatic nitrogens is 1. The van der Waals surface area contributed by atoms with Crippen LogP contribution in [0.25, 0.3) is 10.9 Å². The van der Waals surface area contributed by atoms with E-state index in [1.807, 2.05) is 6.20 Å². The van der Waals surface area contributed by atoms with Gasteiger partial charge in [-0.2, -0.15) is 0 Å². The number of nitrogens with zero attached hydrogens (tertiary/aromatic N) is 1. The first-order chi connectivity index (χ1) is 10.1. The van der Waals surface area contributed by atoms with Crippen LogP contribution in [-0.4, -0.2) is 47.8 Å². The maximum absolute atomic E-state index is 9.93. The summed E-state index contributed by atoms with van der Waals surface area (Å²) in [4.78, 5) is 5.80. The van der Waals surface area contributed by atoms with Crippen molar-refractivity contribution in [2.45, 2.75) is 19.9 Å². The highest BCUT2D eigenvalue weighted by atomic mass is 16.3. The van der Waals surface area contributed by atoms with E-state index in [2.05, 4.69) is 53.3 Å². The number of rotatable bonds is 4. The molecule has 0 amide bonds. The molecule has 0 bridgehead atoms. The van der Waals surface area contributed by atoms with Crippen molar-refractivity contribution in [3.63, 3.8) is 0 Å². The van der Waals surface area contributed by atoms with Gasteiger partial charge in [-0.1, -0.05) is 26.0 Å². The van der Waals surface area contributed by atoms with E-state index in [1.165, 1.54) is 16.5 Å². The van der Waals surface area contributed by atoms with Crippen LogP contribution in [0, 0.1) is 5.41 Å². The third kappa shape index (κ3) is 2.71. The Labute approximate surface area is 126 Å². The number of aliphatic hydroxyl groups excluding tert-OH is 1. The molecule has 1 fully saturated rings. The second kappa shape index (κ2) is 5.79. The maximum atomic E-state index is 9.93. The molecule has 0 unspecified atom stereocenters. The summed E-state index contributed by atoms with van der Waals surface area (Å²) < 4.78 is 0. The van der Waals surface area contributed by atoms with E-state index in [1.54, 1.807) is 0 Å². The van der Waals surface area contributed by atoms with Crippen LogP contribution in [0.5, 0.6) is 0 Å². The minimum absolute atomic E-state index is 0.178. The second-order valence-corrected chi connectivity index (χ2v) is 6.62. The van der Waals surface area contributed by atoms with Crippen molar-refractivity contribution in [3.8, 4) is 0 Å². The molecule has 21 heavy (non-hydrogen) atoms. The van der Waals surface area contributed by atoms with Crippen LogP contribution in [0.3, 0.4) is 0 Å². The lowest BCUT2D eigenvalue weighted by atomic mass is 9.79. The summed E-state index contributed by atoms with van der Waals surface area (Å²) in [5.74, 6) is 0. The van der Waals surface area contributed by atoms with Crippen molar-refractivity contribution in [1.29, 1.82) is 0 Å². The lowest BCUT2D eigenvalue weighted by Crippen LogP contribution is -2.49. The summed E-state index contributed by atoms with van der Waals surface area (Å²) in [6.07, 6.45) is 1.99. The lowest BCUT2D eigenvalue weighted by Gasteiger charge is -2.43. The molecule has 114 valence electrons. The van der Waals surface area contributed by atoms with Gasteiger partial charge in [-0.25, -0.2) is 0 Å². The molecule has 1 saturated heterocycles. The Morgan fingerprint density at radius 3 is 2.71 bits per heavy atom. The van der Waals surface area contributed by atoms with Crippen molar-refractivity contribution in [1.82, 2.24) is 15.2 Å². The van der Waals surface area contributed by atoms with Crippen molar-refractivity contribution >= 4 is 10.9 Å². The number of benzene rings is 1. The molecule has 1 aromatic heterocycles. The molecule has 4 nitrogen and oxygen atoms in total. The van der Waals surface area contributed by atoms with Crippen molar-refractivity contribution in [2.24, 2.45) is 5.41 Å². The van der Waals surface area contributed by atoms with Crippen LogP contribution in [0.2, 0.25) is 0 Å². The standard InChI is InChI=1S/C17H25N3O/c1-17(2,12-21)16(20-10-8-18-9-11-20)14-4-3-5-15-13(14)6-7-19-15/h3-7,16,18-19,21H,8-12H2,1-2H3/t16-/m1/s1. The van der Waals surface area contributed by atoms with Gasteiger partial charge in [0.05, 0.1) is 0 Å². The molecule has 1 aliphatic heterocycles. The Hall–Kier alpha value is -1.36. The van der Waals surface area contributed by atoms with Crippen LogP contribution in [0.1, 0.15) is 25.5 Å². The normalized spacial score (nSPS) is 19.0. The predicted molar refractivity (Wildman–Crippen MR) is 86.3 cm³/mol. The third-order valence-corrected chi connectivity index (χ3v) is 4.59. The summed E-state index contributed by atoms with van der Waals surface area (Å²) in [6.45, 7) is 8.57. The molecule has 0 aliphatic carbocycles. The van der Waals surface area contributed by atoms with Crippen LogP contribution < -0.4 is 5.32 Å². The average Bonchev–Trinajstić information content (AvgIpc) is 2.98. The number of fused-ring (bicyclic) bond motifs is 1. The van der Waals surface area contributed by atoms with Gasteiger partial charge in [-0.15, -0.1) is 0 Å². The second-order valence-electron chi connectivity index (χ2n) is 6.62. The SMILES string of the molecule is CC(C)(CO)[C@@H](c1cccc2[nH]ccc12)N1CCNCC1. The van der Waals surface area contributed by atoms with E-state index in [9.17, 15) is 5.11 Å². The average molecular weight is 287 g/mol. The summed E-state index contributed by atoms with van der Waals surface area (Å²) >= 11 is 0. The topological polar surface area (TPSA) is 51.3 Å². The largest absolute Gasteiger partial charge is 0.396 e.